The van der Waals surface area contributed by atoms with E-state index in [4.69, 9.17) is 0 Å². The lowest BCUT2D eigenvalue weighted by Crippen LogP contribution is -2.50. The summed E-state index contributed by atoms with van der Waals surface area (Å²) in [6.45, 7) is 6.97. The maximum atomic E-state index is 13.5. The molecule has 1 saturated carbocycles. The third-order valence-corrected chi connectivity index (χ3v) is 7.34. The first kappa shape index (κ1) is 20.1. The Hall–Kier alpha value is -2.14. The number of nitrogens with zero attached hydrogens (tertiary/aromatic N) is 2. The highest BCUT2D eigenvalue weighted by Crippen LogP contribution is 2.38. The number of aryl methyl sites for hydroxylation is 1. The van der Waals surface area contributed by atoms with E-state index in [-0.39, 0.29) is 36.4 Å². The zero-order valence-electron chi connectivity index (χ0n) is 17.6. The summed E-state index contributed by atoms with van der Waals surface area (Å²) in [6.07, 6.45) is 3.94. The normalized spacial score (nSPS) is 19.0. The molecule has 2 aromatic rings. The van der Waals surface area contributed by atoms with E-state index < -0.39 is 0 Å². The van der Waals surface area contributed by atoms with E-state index in [1.807, 2.05) is 18.7 Å². The fourth-order valence-corrected chi connectivity index (χ4v) is 5.24. The first-order valence-corrected chi connectivity index (χ1v) is 11.6. The predicted molar refractivity (Wildman–Crippen MR) is 117 cm³/mol. The first-order valence-electron chi connectivity index (χ1n) is 10.7. The van der Waals surface area contributed by atoms with Gasteiger partial charge in [0.25, 0.3) is 0 Å². The van der Waals surface area contributed by atoms with E-state index in [0.717, 1.165) is 31.2 Å². The van der Waals surface area contributed by atoms with Gasteiger partial charge in [0, 0.05) is 23.4 Å². The predicted octanol–water partition coefficient (Wildman–Crippen LogP) is 4.57. The van der Waals surface area contributed by atoms with Crippen LogP contribution >= 0.6 is 11.3 Å². The Balaban J connectivity index is 1.60. The van der Waals surface area contributed by atoms with Crippen molar-refractivity contribution in [2.45, 2.75) is 58.5 Å². The molecule has 1 aliphatic carbocycles. The molecule has 2 aliphatic rings. The van der Waals surface area contributed by atoms with Crippen LogP contribution in [0.3, 0.4) is 0 Å². The van der Waals surface area contributed by atoms with Crippen molar-refractivity contribution in [2.75, 3.05) is 13.1 Å². The van der Waals surface area contributed by atoms with Crippen LogP contribution in [0.15, 0.2) is 35.7 Å². The Bertz CT molecular complexity index is 883. The number of rotatable bonds is 5. The van der Waals surface area contributed by atoms with E-state index in [0.29, 0.717) is 6.54 Å². The van der Waals surface area contributed by atoms with Gasteiger partial charge in [-0.15, -0.1) is 11.3 Å². The molecular weight excluding hydrogens is 380 g/mol. The van der Waals surface area contributed by atoms with Gasteiger partial charge in [-0.1, -0.05) is 36.2 Å². The zero-order valence-corrected chi connectivity index (χ0v) is 18.4. The Morgan fingerprint density at radius 2 is 1.90 bits per heavy atom. The van der Waals surface area contributed by atoms with Gasteiger partial charge in [-0.3, -0.25) is 9.59 Å². The average molecular weight is 411 g/mol. The topological polar surface area (TPSA) is 40.6 Å². The lowest BCUT2D eigenvalue weighted by Gasteiger charge is -2.39. The van der Waals surface area contributed by atoms with Crippen molar-refractivity contribution in [3.8, 4) is 0 Å². The summed E-state index contributed by atoms with van der Waals surface area (Å²) in [5.74, 6) is 0.316. The molecule has 29 heavy (non-hydrogen) atoms. The second-order valence-electron chi connectivity index (χ2n) is 8.64. The number of benzene rings is 1. The highest BCUT2D eigenvalue weighted by atomic mass is 32.1. The maximum absolute atomic E-state index is 13.5. The molecular formula is C24H30N2O2S. The number of carbonyl (C=O) groups excluding carboxylic acids is 2. The Morgan fingerprint density at radius 1 is 1.17 bits per heavy atom. The van der Waals surface area contributed by atoms with Crippen LogP contribution in [0.5, 0.6) is 0 Å². The van der Waals surface area contributed by atoms with Crippen molar-refractivity contribution in [3.05, 3.63) is 57.3 Å². The van der Waals surface area contributed by atoms with Gasteiger partial charge in [0.2, 0.25) is 11.8 Å². The van der Waals surface area contributed by atoms with Gasteiger partial charge < -0.3 is 9.80 Å². The maximum Gasteiger partial charge on any atom is 0.243 e. The van der Waals surface area contributed by atoms with Crippen LogP contribution in [0.25, 0.3) is 0 Å². The first-order chi connectivity index (χ1) is 14.0. The van der Waals surface area contributed by atoms with Crippen molar-refractivity contribution < 1.29 is 9.59 Å². The van der Waals surface area contributed by atoms with E-state index in [1.165, 1.54) is 16.0 Å². The fourth-order valence-electron chi connectivity index (χ4n) is 4.33. The Morgan fingerprint density at radius 3 is 2.52 bits per heavy atom. The highest BCUT2D eigenvalue weighted by Gasteiger charge is 2.36. The Kier molecular flexibility index (Phi) is 5.77. The number of carbonyl (C=O) groups is 2. The SMILES string of the molecule is Cc1ccc([C@H]2c3ccsc3CCN2C(=O)CN(C(=O)C2CCC2)C(C)C)cc1. The zero-order chi connectivity index (χ0) is 20.5. The number of thiophene rings is 1. The van der Waals surface area contributed by atoms with E-state index in [9.17, 15) is 9.59 Å². The summed E-state index contributed by atoms with van der Waals surface area (Å²) in [4.78, 5) is 31.5. The van der Waals surface area contributed by atoms with E-state index in [2.05, 4.69) is 42.6 Å². The van der Waals surface area contributed by atoms with E-state index in [1.54, 1.807) is 16.2 Å². The molecule has 0 bridgehead atoms. The van der Waals surface area contributed by atoms with Crippen LogP contribution in [-0.2, 0) is 16.0 Å². The molecule has 4 nitrogen and oxygen atoms in total. The second kappa shape index (κ2) is 8.31. The highest BCUT2D eigenvalue weighted by molar-refractivity contribution is 7.10. The van der Waals surface area contributed by atoms with Crippen LogP contribution in [0.4, 0.5) is 0 Å². The average Bonchev–Trinajstić information content (AvgIpc) is 3.13. The summed E-state index contributed by atoms with van der Waals surface area (Å²) in [6, 6.07) is 10.6. The van der Waals surface area contributed by atoms with Gasteiger partial charge in [-0.05, 0) is 62.6 Å². The lowest BCUT2D eigenvalue weighted by atomic mass is 9.84. The molecule has 0 saturated heterocycles. The molecule has 1 fully saturated rings. The minimum absolute atomic E-state index is 0.0337. The Labute approximate surface area is 177 Å². The largest absolute Gasteiger partial charge is 0.331 e. The van der Waals surface area contributed by atoms with Gasteiger partial charge in [0.05, 0.1) is 6.04 Å². The van der Waals surface area contributed by atoms with Crippen molar-refractivity contribution in [1.29, 1.82) is 0 Å². The molecule has 2 amide bonds. The lowest BCUT2D eigenvalue weighted by molar-refractivity contribution is -0.147. The molecule has 4 rings (SSSR count). The fraction of sp³-hybridized carbons (Fsp3) is 0.500. The molecule has 1 aromatic carbocycles. The second-order valence-corrected chi connectivity index (χ2v) is 9.64. The van der Waals surface area contributed by atoms with Crippen LogP contribution in [0, 0.1) is 12.8 Å². The third kappa shape index (κ3) is 3.97. The van der Waals surface area contributed by atoms with Crippen molar-refractivity contribution in [1.82, 2.24) is 9.80 Å². The molecule has 0 radical (unpaired) electrons. The molecule has 1 aromatic heterocycles. The quantitative estimate of drug-likeness (QED) is 0.725. The number of fused-ring (bicyclic) bond motifs is 1. The summed E-state index contributed by atoms with van der Waals surface area (Å²) in [5, 5.41) is 2.13. The molecule has 2 heterocycles. The minimum Gasteiger partial charge on any atom is -0.331 e. The van der Waals surface area contributed by atoms with Gasteiger partial charge in [0.15, 0.2) is 0 Å². The summed E-state index contributed by atoms with van der Waals surface area (Å²) in [7, 11) is 0. The van der Waals surface area contributed by atoms with Crippen LogP contribution in [0.2, 0.25) is 0 Å². The third-order valence-electron chi connectivity index (χ3n) is 6.35. The monoisotopic (exact) mass is 410 g/mol. The molecule has 5 heteroatoms. The van der Waals surface area contributed by atoms with Gasteiger partial charge in [0.1, 0.15) is 6.54 Å². The number of hydrogen-bond acceptors (Lipinski definition) is 3. The van der Waals surface area contributed by atoms with E-state index >= 15 is 0 Å². The molecule has 0 spiro atoms. The van der Waals surface area contributed by atoms with Crippen LogP contribution in [0.1, 0.15) is 60.7 Å². The molecule has 0 unspecified atom stereocenters. The van der Waals surface area contributed by atoms with Crippen molar-refractivity contribution in [3.63, 3.8) is 0 Å². The number of hydrogen-bond donors (Lipinski definition) is 0. The smallest absolute Gasteiger partial charge is 0.243 e. The van der Waals surface area contributed by atoms with Crippen LogP contribution < -0.4 is 0 Å². The van der Waals surface area contributed by atoms with Gasteiger partial charge >= 0.3 is 0 Å². The van der Waals surface area contributed by atoms with Crippen molar-refractivity contribution >= 4 is 23.2 Å². The van der Waals surface area contributed by atoms with Crippen LogP contribution in [-0.4, -0.2) is 40.7 Å². The minimum atomic E-state index is -0.0640. The summed E-state index contributed by atoms with van der Waals surface area (Å²) < 4.78 is 0. The van der Waals surface area contributed by atoms with Gasteiger partial charge in [-0.2, -0.15) is 0 Å². The molecule has 1 atom stereocenters. The van der Waals surface area contributed by atoms with Crippen molar-refractivity contribution in [2.24, 2.45) is 5.92 Å². The molecule has 154 valence electrons. The molecule has 1 aliphatic heterocycles. The molecule has 0 N–H and O–H groups in total. The summed E-state index contributed by atoms with van der Waals surface area (Å²) >= 11 is 1.78. The van der Waals surface area contributed by atoms with Gasteiger partial charge in [-0.25, -0.2) is 0 Å². The number of amides is 2. The standard InChI is InChI=1S/C24H30N2O2S/c1-16(2)26(24(28)19-5-4-6-19)15-22(27)25-13-11-21-20(12-14-29-21)23(25)18-9-7-17(3)8-10-18/h7-10,12,14,16,19,23H,4-6,11,13,15H2,1-3H3/t23-/m0/s1. The summed E-state index contributed by atoms with van der Waals surface area (Å²) in [5.41, 5.74) is 3.59.